The van der Waals surface area contributed by atoms with E-state index in [2.05, 4.69) is 5.32 Å². The molecular formula is C20H26FN3O3S. The van der Waals surface area contributed by atoms with Crippen LogP contribution < -0.4 is 10.2 Å². The number of hydrogen-bond donors (Lipinski definition) is 1. The molecule has 0 radical (unpaired) electrons. The zero-order chi connectivity index (χ0) is 20.9. The van der Waals surface area contributed by atoms with Crippen LogP contribution in [0.5, 0.6) is 0 Å². The molecule has 0 bridgehead atoms. The number of nitrogens with one attached hydrogen (secondary N) is 1. The molecule has 152 valence electrons. The molecule has 0 saturated heterocycles. The van der Waals surface area contributed by atoms with Crippen molar-refractivity contribution in [2.24, 2.45) is 0 Å². The molecule has 28 heavy (non-hydrogen) atoms. The number of rotatable bonds is 8. The van der Waals surface area contributed by atoms with Gasteiger partial charge in [-0.25, -0.2) is 12.8 Å². The molecule has 2 rings (SSSR count). The Balaban J connectivity index is 2.34. The maximum absolute atomic E-state index is 13.3. The SMILES string of the molecule is CCN(CC)S(=O)(=O)c1ccc(N(C)C)c(NC(=O)Cc2cccc(F)c2)c1. The molecule has 1 amide bonds. The quantitative estimate of drug-likeness (QED) is 0.730. The number of carbonyl (C=O) groups is 1. The van der Waals surface area contributed by atoms with Crippen molar-refractivity contribution in [3.05, 3.63) is 53.8 Å². The summed E-state index contributed by atoms with van der Waals surface area (Å²) in [5.74, 6) is -0.766. The summed E-state index contributed by atoms with van der Waals surface area (Å²) in [7, 11) is -0.0491. The van der Waals surface area contributed by atoms with E-state index in [0.717, 1.165) is 0 Å². The first-order valence-corrected chi connectivity index (χ1v) is 10.5. The lowest BCUT2D eigenvalue weighted by atomic mass is 10.1. The predicted molar refractivity (Wildman–Crippen MR) is 110 cm³/mol. The van der Waals surface area contributed by atoms with Crippen LogP contribution in [-0.2, 0) is 21.2 Å². The van der Waals surface area contributed by atoms with Crippen LogP contribution in [0.15, 0.2) is 47.4 Å². The number of halogens is 1. The third-order valence-corrected chi connectivity index (χ3v) is 6.37. The number of carbonyl (C=O) groups excluding carboxylic acids is 1. The Morgan fingerprint density at radius 2 is 1.75 bits per heavy atom. The molecule has 0 aromatic heterocycles. The fourth-order valence-corrected chi connectivity index (χ4v) is 4.39. The summed E-state index contributed by atoms with van der Waals surface area (Å²) < 4.78 is 40.3. The zero-order valence-corrected chi connectivity index (χ0v) is 17.4. The molecule has 0 fully saturated rings. The fourth-order valence-electron chi connectivity index (χ4n) is 2.91. The predicted octanol–water partition coefficient (Wildman–Crippen LogP) is 3.10. The van der Waals surface area contributed by atoms with Crippen molar-refractivity contribution in [2.75, 3.05) is 37.4 Å². The lowest BCUT2D eigenvalue weighted by Gasteiger charge is -2.22. The summed E-state index contributed by atoms with van der Waals surface area (Å²) >= 11 is 0. The van der Waals surface area contributed by atoms with Gasteiger partial charge in [0.15, 0.2) is 0 Å². The number of sulfonamides is 1. The van der Waals surface area contributed by atoms with E-state index in [1.807, 2.05) is 0 Å². The number of hydrogen-bond acceptors (Lipinski definition) is 4. The third-order valence-electron chi connectivity index (χ3n) is 4.32. The van der Waals surface area contributed by atoms with Crippen molar-refractivity contribution in [3.63, 3.8) is 0 Å². The minimum atomic E-state index is -3.65. The lowest BCUT2D eigenvalue weighted by Crippen LogP contribution is -2.30. The average Bonchev–Trinajstić information content (AvgIpc) is 2.62. The molecule has 2 aromatic carbocycles. The molecule has 6 nitrogen and oxygen atoms in total. The van der Waals surface area contributed by atoms with Gasteiger partial charge in [-0.1, -0.05) is 26.0 Å². The molecule has 0 unspecified atom stereocenters. The fraction of sp³-hybridized carbons (Fsp3) is 0.350. The monoisotopic (exact) mass is 407 g/mol. The summed E-state index contributed by atoms with van der Waals surface area (Å²) in [6.07, 6.45) is -0.0162. The molecule has 1 N–H and O–H groups in total. The van der Waals surface area contributed by atoms with Crippen LogP contribution in [0, 0.1) is 5.82 Å². The molecule has 0 aliphatic rings. The summed E-state index contributed by atoms with van der Waals surface area (Å²) in [4.78, 5) is 14.4. The summed E-state index contributed by atoms with van der Waals surface area (Å²) in [6, 6.07) is 10.5. The number of benzene rings is 2. The van der Waals surface area contributed by atoms with Gasteiger partial charge in [-0.15, -0.1) is 0 Å². The van der Waals surface area contributed by atoms with Crippen LogP contribution in [-0.4, -0.2) is 45.8 Å². The molecule has 0 aliphatic heterocycles. The number of amides is 1. The van der Waals surface area contributed by atoms with E-state index in [9.17, 15) is 17.6 Å². The van der Waals surface area contributed by atoms with E-state index in [-0.39, 0.29) is 17.2 Å². The van der Waals surface area contributed by atoms with Gasteiger partial charge in [0.2, 0.25) is 15.9 Å². The van der Waals surface area contributed by atoms with Crippen molar-refractivity contribution in [1.82, 2.24) is 4.31 Å². The highest BCUT2D eigenvalue weighted by atomic mass is 32.2. The van der Waals surface area contributed by atoms with Gasteiger partial charge >= 0.3 is 0 Å². The minimum Gasteiger partial charge on any atom is -0.376 e. The van der Waals surface area contributed by atoms with Crippen LogP contribution in [0.3, 0.4) is 0 Å². The number of anilines is 2. The van der Waals surface area contributed by atoms with E-state index in [1.165, 1.54) is 28.6 Å². The summed E-state index contributed by atoms with van der Waals surface area (Å²) in [5.41, 5.74) is 1.60. The molecule has 0 atom stereocenters. The molecule has 0 aliphatic carbocycles. The first-order valence-electron chi connectivity index (χ1n) is 9.04. The van der Waals surface area contributed by atoms with E-state index in [0.29, 0.717) is 30.0 Å². The molecule has 2 aromatic rings. The highest BCUT2D eigenvalue weighted by molar-refractivity contribution is 7.89. The van der Waals surface area contributed by atoms with E-state index >= 15 is 0 Å². The van der Waals surface area contributed by atoms with Crippen LogP contribution in [0.2, 0.25) is 0 Å². The highest BCUT2D eigenvalue weighted by Crippen LogP contribution is 2.29. The lowest BCUT2D eigenvalue weighted by molar-refractivity contribution is -0.115. The van der Waals surface area contributed by atoms with Gasteiger partial charge in [-0.05, 0) is 35.9 Å². The van der Waals surface area contributed by atoms with Gasteiger partial charge in [-0.3, -0.25) is 4.79 Å². The Kier molecular flexibility index (Phi) is 7.15. The van der Waals surface area contributed by atoms with Gasteiger partial charge in [0.05, 0.1) is 22.7 Å². The van der Waals surface area contributed by atoms with E-state index in [4.69, 9.17) is 0 Å². The van der Waals surface area contributed by atoms with Gasteiger partial charge in [-0.2, -0.15) is 4.31 Å². The van der Waals surface area contributed by atoms with Crippen LogP contribution in [0.4, 0.5) is 15.8 Å². The smallest absolute Gasteiger partial charge is 0.243 e. The third kappa shape index (κ3) is 5.08. The summed E-state index contributed by atoms with van der Waals surface area (Å²) in [6.45, 7) is 4.26. The van der Waals surface area contributed by atoms with Crippen molar-refractivity contribution < 1.29 is 17.6 Å². The largest absolute Gasteiger partial charge is 0.376 e. The molecule has 0 spiro atoms. The Bertz CT molecular complexity index is 941. The van der Waals surface area contributed by atoms with Crippen molar-refractivity contribution in [3.8, 4) is 0 Å². The van der Waals surface area contributed by atoms with E-state index < -0.39 is 15.8 Å². The van der Waals surface area contributed by atoms with E-state index in [1.54, 1.807) is 51.0 Å². The van der Waals surface area contributed by atoms with Crippen LogP contribution >= 0.6 is 0 Å². The highest BCUT2D eigenvalue weighted by Gasteiger charge is 2.23. The molecular weight excluding hydrogens is 381 g/mol. The van der Waals surface area contributed by atoms with Crippen molar-refractivity contribution in [2.45, 2.75) is 25.2 Å². The van der Waals surface area contributed by atoms with Crippen molar-refractivity contribution >= 4 is 27.3 Å². The normalized spacial score (nSPS) is 11.5. The van der Waals surface area contributed by atoms with Crippen molar-refractivity contribution in [1.29, 1.82) is 0 Å². The van der Waals surface area contributed by atoms with Gasteiger partial charge in [0.1, 0.15) is 5.82 Å². The second kappa shape index (κ2) is 9.16. The molecule has 8 heteroatoms. The maximum Gasteiger partial charge on any atom is 0.243 e. The Morgan fingerprint density at radius 3 is 2.32 bits per heavy atom. The minimum absolute atomic E-state index is 0.0162. The standard InChI is InChI=1S/C20H26FN3O3S/c1-5-24(6-2)28(26,27)17-10-11-19(23(3)4)18(14-17)22-20(25)13-15-8-7-9-16(21)12-15/h7-12,14H,5-6,13H2,1-4H3,(H,22,25). The number of nitrogens with zero attached hydrogens (tertiary/aromatic N) is 2. The summed E-state index contributed by atoms with van der Waals surface area (Å²) in [5, 5.41) is 2.76. The van der Waals surface area contributed by atoms with Crippen LogP contribution in [0.25, 0.3) is 0 Å². The van der Waals surface area contributed by atoms with Gasteiger partial charge < -0.3 is 10.2 Å². The zero-order valence-electron chi connectivity index (χ0n) is 16.6. The topological polar surface area (TPSA) is 69.7 Å². The maximum atomic E-state index is 13.3. The second-order valence-corrected chi connectivity index (χ2v) is 8.46. The molecule has 0 heterocycles. The second-order valence-electron chi connectivity index (χ2n) is 6.52. The Morgan fingerprint density at radius 1 is 1.07 bits per heavy atom. The first-order chi connectivity index (χ1) is 13.2. The Hall–Kier alpha value is -2.45. The first kappa shape index (κ1) is 21.8. The molecule has 0 saturated carbocycles. The Labute approximate surface area is 166 Å². The van der Waals surface area contributed by atoms with Crippen LogP contribution in [0.1, 0.15) is 19.4 Å². The van der Waals surface area contributed by atoms with Gasteiger partial charge in [0, 0.05) is 27.2 Å². The average molecular weight is 408 g/mol. The van der Waals surface area contributed by atoms with Gasteiger partial charge in [0.25, 0.3) is 0 Å².